The van der Waals surface area contributed by atoms with E-state index in [1.165, 1.54) is 42.7 Å². The molecule has 50 heavy (non-hydrogen) atoms. The third-order valence-electron chi connectivity index (χ3n) is 8.77. The lowest BCUT2D eigenvalue weighted by atomic mass is 9.99. The predicted octanol–water partition coefficient (Wildman–Crippen LogP) is 7.56. The van der Waals surface area contributed by atoms with Crippen LogP contribution in [0.1, 0.15) is 60.7 Å². The highest BCUT2D eigenvalue weighted by molar-refractivity contribution is 7.22. The number of thiophene rings is 1. The number of carbonyl (C=O) groups is 3. The van der Waals surface area contributed by atoms with E-state index in [0.717, 1.165) is 16.0 Å². The minimum atomic E-state index is -1.15. The molecule has 0 aliphatic heterocycles. The van der Waals surface area contributed by atoms with Gasteiger partial charge in [0.1, 0.15) is 16.5 Å². The molecule has 1 aliphatic carbocycles. The molecule has 2 heterocycles. The van der Waals surface area contributed by atoms with E-state index in [0.29, 0.717) is 47.4 Å². The Morgan fingerprint density at radius 3 is 2.20 bits per heavy atom. The summed E-state index contributed by atoms with van der Waals surface area (Å²) in [6.07, 6.45) is 2.33. The van der Waals surface area contributed by atoms with E-state index >= 15 is 0 Å². The van der Waals surface area contributed by atoms with Crippen molar-refractivity contribution in [2.75, 3.05) is 12.4 Å². The van der Waals surface area contributed by atoms with Gasteiger partial charge in [-0.15, -0.1) is 11.3 Å². The molecule has 11 heteroatoms. The lowest BCUT2D eigenvalue weighted by Crippen LogP contribution is -2.33. The second-order valence-corrected chi connectivity index (χ2v) is 14.1. The van der Waals surface area contributed by atoms with Crippen LogP contribution in [0, 0.1) is 17.6 Å². The number of Topliss-reactive ketones (excluding diaryl/α,β-unsaturated/α-hetero) is 1. The number of rotatable bonds is 12. The van der Waals surface area contributed by atoms with Crippen LogP contribution in [0.3, 0.4) is 0 Å². The van der Waals surface area contributed by atoms with E-state index in [2.05, 4.69) is 10.2 Å². The van der Waals surface area contributed by atoms with Gasteiger partial charge < -0.3 is 14.6 Å². The Bertz CT molecular complexity index is 2130. The first-order valence-corrected chi connectivity index (χ1v) is 17.2. The number of amides is 1. The zero-order valence-electron chi connectivity index (χ0n) is 28.2. The molecule has 1 aliphatic rings. The second kappa shape index (κ2) is 14.1. The van der Waals surface area contributed by atoms with Crippen molar-refractivity contribution < 1.29 is 27.9 Å². The Morgan fingerprint density at radius 1 is 0.940 bits per heavy atom. The van der Waals surface area contributed by atoms with Gasteiger partial charge in [-0.05, 0) is 48.0 Å². The van der Waals surface area contributed by atoms with Gasteiger partial charge in [0, 0.05) is 61.1 Å². The zero-order valence-corrected chi connectivity index (χ0v) is 29.0. The first-order chi connectivity index (χ1) is 23.9. The smallest absolute Gasteiger partial charge is 0.303 e. The van der Waals surface area contributed by atoms with Gasteiger partial charge in [0.2, 0.25) is 5.43 Å². The summed E-state index contributed by atoms with van der Waals surface area (Å²) in [6.45, 7) is 5.35. The highest BCUT2D eigenvalue weighted by Crippen LogP contribution is 2.42. The third-order valence-corrected chi connectivity index (χ3v) is 10.1. The Morgan fingerprint density at radius 2 is 1.60 bits per heavy atom. The minimum Gasteiger partial charge on any atom is -0.449 e. The number of hydrogen-bond acceptors (Lipinski definition) is 7. The number of carbonyl (C=O) groups excluding carboxylic acids is 3. The number of benzene rings is 3. The molecule has 0 spiro atoms. The van der Waals surface area contributed by atoms with E-state index in [1.54, 1.807) is 30.5 Å². The normalized spacial score (nSPS) is 13.5. The molecule has 3 aromatic carbocycles. The number of ether oxygens (including phenoxy) is 1. The molecule has 6 rings (SSSR count). The highest BCUT2D eigenvalue weighted by Gasteiger charge is 2.53. The van der Waals surface area contributed by atoms with Crippen LogP contribution in [0.5, 0.6) is 0 Å². The molecular formula is C39H37F2N3O5S. The molecular weight excluding hydrogens is 661 g/mol. The summed E-state index contributed by atoms with van der Waals surface area (Å²) in [5, 5.41) is 3.15. The van der Waals surface area contributed by atoms with Gasteiger partial charge in [0.25, 0.3) is 5.91 Å². The van der Waals surface area contributed by atoms with E-state index in [-0.39, 0.29) is 23.5 Å². The summed E-state index contributed by atoms with van der Waals surface area (Å²) < 4.78 is 36.8. The molecule has 1 saturated carbocycles. The Labute approximate surface area is 292 Å². The second-order valence-electron chi connectivity index (χ2n) is 13.1. The van der Waals surface area contributed by atoms with Crippen LogP contribution >= 0.6 is 11.3 Å². The maximum absolute atomic E-state index is 15.0. The van der Waals surface area contributed by atoms with E-state index in [9.17, 15) is 28.0 Å². The van der Waals surface area contributed by atoms with E-state index in [1.807, 2.05) is 49.5 Å². The fourth-order valence-electron chi connectivity index (χ4n) is 6.07. The van der Waals surface area contributed by atoms with Crippen molar-refractivity contribution in [1.29, 1.82) is 0 Å². The fourth-order valence-corrected chi connectivity index (χ4v) is 7.36. The van der Waals surface area contributed by atoms with Crippen molar-refractivity contribution in [3.05, 3.63) is 123 Å². The van der Waals surface area contributed by atoms with E-state index < -0.39 is 40.5 Å². The molecule has 0 unspecified atom stereocenters. The predicted molar refractivity (Wildman–Crippen MR) is 190 cm³/mol. The van der Waals surface area contributed by atoms with Crippen molar-refractivity contribution in [2.24, 2.45) is 5.92 Å². The minimum absolute atomic E-state index is 0.0413. The van der Waals surface area contributed by atoms with Crippen molar-refractivity contribution in [2.45, 2.75) is 58.8 Å². The van der Waals surface area contributed by atoms with Crippen molar-refractivity contribution in [3.8, 4) is 10.4 Å². The van der Waals surface area contributed by atoms with Crippen molar-refractivity contribution >= 4 is 44.9 Å². The van der Waals surface area contributed by atoms with Gasteiger partial charge in [-0.3, -0.25) is 24.1 Å². The van der Waals surface area contributed by atoms with Gasteiger partial charge >= 0.3 is 5.97 Å². The lowest BCUT2D eigenvalue weighted by Gasteiger charge is -2.18. The number of anilines is 1. The van der Waals surface area contributed by atoms with Crippen LogP contribution in [0.15, 0.2) is 83.8 Å². The molecule has 1 fully saturated rings. The molecule has 0 saturated heterocycles. The largest absolute Gasteiger partial charge is 0.449 e. The summed E-state index contributed by atoms with van der Waals surface area (Å²) in [5.74, 6) is -3.23. The zero-order chi connectivity index (χ0) is 35.7. The van der Waals surface area contributed by atoms with Crippen LogP contribution in [0.25, 0.3) is 20.7 Å². The molecule has 0 radical (unpaired) electrons. The van der Waals surface area contributed by atoms with Gasteiger partial charge in [-0.2, -0.15) is 0 Å². The van der Waals surface area contributed by atoms with Crippen molar-refractivity contribution in [3.63, 3.8) is 0 Å². The number of halogens is 2. The topological polar surface area (TPSA) is 97.7 Å². The molecule has 258 valence electrons. The van der Waals surface area contributed by atoms with Gasteiger partial charge in [-0.1, -0.05) is 62.4 Å². The standard InChI is InChI=1S/C39H37F2N3O5S/c1-23(2)34(46)30-22-44(21-28-31(40)11-8-12-32(28)41)37-33(35(30)47)29(20-43(4)19-25-9-6-5-7-10-25)36(50-37)26-13-15-27(16-14-26)42-38(48)39(17-18-39)49-24(3)45/h5-16,22-23H,17-21H2,1-4H3,(H,42,48). The number of fused-ring (bicyclic) bond motifs is 1. The number of nitrogens with one attached hydrogen (secondary N) is 1. The Hall–Kier alpha value is -5.00. The summed E-state index contributed by atoms with van der Waals surface area (Å²) in [7, 11) is 1.94. The highest BCUT2D eigenvalue weighted by atomic mass is 32.1. The van der Waals surface area contributed by atoms with Gasteiger partial charge in [0.15, 0.2) is 11.4 Å². The maximum atomic E-state index is 15.0. The van der Waals surface area contributed by atoms with Crippen LogP contribution < -0.4 is 10.7 Å². The molecule has 5 aromatic rings. The molecule has 1 amide bonds. The average Bonchev–Trinajstić information content (AvgIpc) is 3.76. The fraction of sp³-hybridized carbons (Fsp3) is 0.282. The summed E-state index contributed by atoms with van der Waals surface area (Å²) in [5.41, 5.74) is 1.20. The molecule has 0 bridgehead atoms. The molecule has 0 atom stereocenters. The number of ketones is 1. The Balaban J connectivity index is 1.48. The van der Waals surface area contributed by atoms with Crippen LogP contribution in [0.2, 0.25) is 0 Å². The summed E-state index contributed by atoms with van der Waals surface area (Å²) in [6, 6.07) is 20.6. The number of pyridine rings is 1. The lowest BCUT2D eigenvalue weighted by molar-refractivity contribution is -0.154. The quantitative estimate of drug-likeness (QED) is 0.107. The van der Waals surface area contributed by atoms with Gasteiger partial charge in [0.05, 0.1) is 17.5 Å². The molecule has 8 nitrogen and oxygen atoms in total. The van der Waals surface area contributed by atoms with Crippen LogP contribution in [0.4, 0.5) is 14.5 Å². The average molecular weight is 698 g/mol. The van der Waals surface area contributed by atoms with E-state index in [4.69, 9.17) is 4.74 Å². The Kier molecular flexibility index (Phi) is 9.82. The summed E-state index contributed by atoms with van der Waals surface area (Å²) >= 11 is 1.30. The molecule has 2 aromatic heterocycles. The number of aromatic nitrogens is 1. The first kappa shape index (κ1) is 34.8. The maximum Gasteiger partial charge on any atom is 0.303 e. The third kappa shape index (κ3) is 7.15. The first-order valence-electron chi connectivity index (χ1n) is 16.4. The SMILES string of the molecule is CC(=O)OC1(C(=O)Nc2ccc(-c3sc4c(c3CN(C)Cc3ccccc3)c(=O)c(C(=O)C(C)C)cn4Cc3c(F)cccc3F)cc2)CC1. The molecule has 1 N–H and O–H groups in total. The monoisotopic (exact) mass is 697 g/mol. The number of esters is 1. The van der Waals surface area contributed by atoms with Crippen LogP contribution in [-0.4, -0.2) is 39.8 Å². The number of hydrogen-bond donors (Lipinski definition) is 1. The van der Waals surface area contributed by atoms with Crippen LogP contribution in [-0.2, 0) is 34.0 Å². The number of nitrogens with zero attached hydrogens (tertiary/aromatic N) is 2. The summed E-state index contributed by atoms with van der Waals surface area (Å²) in [4.78, 5) is 55.5. The van der Waals surface area contributed by atoms with Crippen molar-refractivity contribution in [1.82, 2.24) is 9.47 Å². The van der Waals surface area contributed by atoms with Gasteiger partial charge in [-0.25, -0.2) is 8.78 Å².